The molecule has 1 aliphatic rings. The first-order valence-electron chi connectivity index (χ1n) is 8.98. The molecule has 0 saturated carbocycles. The molecule has 0 fully saturated rings. The average molecular weight is 393 g/mol. The van der Waals surface area contributed by atoms with Crippen molar-refractivity contribution in [1.82, 2.24) is 4.72 Å². The lowest BCUT2D eigenvalue weighted by Gasteiger charge is -2.41. The summed E-state index contributed by atoms with van der Waals surface area (Å²) in [6.45, 7) is 4.05. The summed E-state index contributed by atoms with van der Waals surface area (Å²) >= 11 is 0. The number of hydrogen-bond donors (Lipinski definition) is 1. The molecule has 146 valence electrons. The maximum atomic E-state index is 13.7. The lowest BCUT2D eigenvalue weighted by atomic mass is 9.84. The van der Waals surface area contributed by atoms with Crippen molar-refractivity contribution in [2.45, 2.75) is 49.6 Å². The molecule has 0 aliphatic carbocycles. The number of para-hydroxylation sites is 1. The number of nitrogens with one attached hydrogen (secondary N) is 1. The van der Waals surface area contributed by atoms with Crippen LogP contribution in [-0.2, 0) is 10.0 Å². The van der Waals surface area contributed by atoms with E-state index in [1.165, 1.54) is 19.2 Å². The molecule has 0 radical (unpaired) electrons. The van der Waals surface area contributed by atoms with E-state index < -0.39 is 27.5 Å². The van der Waals surface area contributed by atoms with Gasteiger partial charge in [-0.1, -0.05) is 32.0 Å². The van der Waals surface area contributed by atoms with Crippen molar-refractivity contribution in [1.29, 1.82) is 0 Å². The number of benzene rings is 2. The maximum absolute atomic E-state index is 13.7. The largest absolute Gasteiger partial charge is 0.495 e. The molecule has 2 aromatic rings. The van der Waals surface area contributed by atoms with Crippen molar-refractivity contribution in [3.63, 3.8) is 0 Å². The van der Waals surface area contributed by atoms with Crippen LogP contribution in [0.5, 0.6) is 11.5 Å². The van der Waals surface area contributed by atoms with Gasteiger partial charge in [0.2, 0.25) is 10.0 Å². The van der Waals surface area contributed by atoms with Gasteiger partial charge in [-0.05, 0) is 37.1 Å². The number of ether oxygens (including phenoxy) is 2. The number of methoxy groups -OCH3 is 1. The van der Waals surface area contributed by atoms with Crippen molar-refractivity contribution in [3.05, 3.63) is 53.8 Å². The summed E-state index contributed by atoms with van der Waals surface area (Å²) in [5.41, 5.74) is 0.321. The van der Waals surface area contributed by atoms with Crippen LogP contribution in [0.3, 0.4) is 0 Å². The van der Waals surface area contributed by atoms with Crippen molar-refractivity contribution in [2.24, 2.45) is 0 Å². The summed E-state index contributed by atoms with van der Waals surface area (Å²) < 4.78 is 53.8. The smallest absolute Gasteiger partial charge is 0.244 e. The molecule has 0 unspecified atom stereocenters. The minimum atomic E-state index is -4.01. The summed E-state index contributed by atoms with van der Waals surface area (Å²) in [6.07, 6.45) is 1.99. The third-order valence-electron chi connectivity index (χ3n) is 5.20. The fourth-order valence-electron chi connectivity index (χ4n) is 3.52. The van der Waals surface area contributed by atoms with Crippen LogP contribution in [0.25, 0.3) is 0 Å². The van der Waals surface area contributed by atoms with Gasteiger partial charge in [0.1, 0.15) is 27.8 Å². The first-order valence-corrected chi connectivity index (χ1v) is 10.5. The molecule has 1 heterocycles. The molecular formula is C20H24FNO4S. The average Bonchev–Trinajstić information content (AvgIpc) is 2.67. The molecule has 0 amide bonds. The van der Waals surface area contributed by atoms with Gasteiger partial charge in [0.25, 0.3) is 0 Å². The van der Waals surface area contributed by atoms with Gasteiger partial charge in [-0.25, -0.2) is 17.5 Å². The monoisotopic (exact) mass is 393 g/mol. The molecule has 0 aromatic heterocycles. The Kier molecular flexibility index (Phi) is 5.44. The zero-order valence-corrected chi connectivity index (χ0v) is 16.5. The zero-order chi connectivity index (χ0) is 19.7. The summed E-state index contributed by atoms with van der Waals surface area (Å²) in [4.78, 5) is -0.215. The molecule has 3 rings (SSSR count). The van der Waals surface area contributed by atoms with Gasteiger partial charge in [-0.3, -0.25) is 0 Å². The molecule has 5 nitrogen and oxygen atoms in total. The van der Waals surface area contributed by atoms with Gasteiger partial charge in [0.05, 0.1) is 13.2 Å². The fraction of sp³-hybridized carbons (Fsp3) is 0.400. The summed E-state index contributed by atoms with van der Waals surface area (Å²) in [6, 6.07) is 10.4. The Labute approximate surface area is 159 Å². The highest BCUT2D eigenvalue weighted by Gasteiger charge is 2.40. The zero-order valence-electron chi connectivity index (χ0n) is 15.7. The molecule has 1 aliphatic heterocycles. The first-order chi connectivity index (χ1) is 12.8. The van der Waals surface area contributed by atoms with Crippen LogP contribution in [-0.4, -0.2) is 21.1 Å². The Hall–Kier alpha value is -2.12. The van der Waals surface area contributed by atoms with E-state index in [2.05, 4.69) is 4.72 Å². The second kappa shape index (κ2) is 7.48. The van der Waals surface area contributed by atoms with Gasteiger partial charge in [0, 0.05) is 12.0 Å². The molecule has 0 saturated heterocycles. The van der Waals surface area contributed by atoms with E-state index in [1.54, 1.807) is 0 Å². The van der Waals surface area contributed by atoms with Crippen LogP contribution in [0.2, 0.25) is 0 Å². The Balaban J connectivity index is 2.02. The number of halogens is 1. The molecule has 7 heteroatoms. The van der Waals surface area contributed by atoms with Gasteiger partial charge < -0.3 is 9.47 Å². The van der Waals surface area contributed by atoms with Crippen LogP contribution >= 0.6 is 0 Å². The molecule has 1 N–H and O–H groups in total. The molecule has 2 aromatic carbocycles. The Morgan fingerprint density at radius 3 is 2.59 bits per heavy atom. The van der Waals surface area contributed by atoms with Gasteiger partial charge in [0.15, 0.2) is 0 Å². The number of fused-ring (bicyclic) bond motifs is 1. The first kappa shape index (κ1) is 19.6. The highest BCUT2D eigenvalue weighted by Crippen LogP contribution is 2.43. The predicted octanol–water partition coefficient (Wildman–Crippen LogP) is 4.20. The lowest BCUT2D eigenvalue weighted by molar-refractivity contribution is 0.0260. The van der Waals surface area contributed by atoms with Crippen LogP contribution < -0.4 is 14.2 Å². The van der Waals surface area contributed by atoms with Gasteiger partial charge in [-0.15, -0.1) is 0 Å². The third kappa shape index (κ3) is 3.80. The predicted molar refractivity (Wildman–Crippen MR) is 101 cm³/mol. The molecule has 27 heavy (non-hydrogen) atoms. The lowest BCUT2D eigenvalue weighted by Crippen LogP contribution is -2.44. The summed E-state index contributed by atoms with van der Waals surface area (Å²) in [5.74, 6) is 0.132. The second-order valence-corrected chi connectivity index (χ2v) is 8.39. The number of hydrogen-bond acceptors (Lipinski definition) is 4. The Morgan fingerprint density at radius 1 is 1.22 bits per heavy atom. The van der Waals surface area contributed by atoms with Crippen molar-refractivity contribution in [3.8, 4) is 11.5 Å². The van der Waals surface area contributed by atoms with E-state index in [0.717, 1.165) is 24.5 Å². The van der Waals surface area contributed by atoms with E-state index in [9.17, 15) is 12.8 Å². The van der Waals surface area contributed by atoms with Gasteiger partial charge in [-0.2, -0.15) is 0 Å². The minimum Gasteiger partial charge on any atom is -0.495 e. The van der Waals surface area contributed by atoms with E-state index in [4.69, 9.17) is 9.47 Å². The van der Waals surface area contributed by atoms with Crippen LogP contribution in [0.1, 0.15) is 44.7 Å². The van der Waals surface area contributed by atoms with Crippen molar-refractivity contribution < 1.29 is 22.3 Å². The third-order valence-corrected chi connectivity index (χ3v) is 6.69. The van der Waals surface area contributed by atoms with E-state index >= 15 is 0 Å². The topological polar surface area (TPSA) is 64.6 Å². The Morgan fingerprint density at radius 2 is 1.93 bits per heavy atom. The van der Waals surface area contributed by atoms with Crippen LogP contribution in [0, 0.1) is 5.82 Å². The second-order valence-electron chi connectivity index (χ2n) is 6.70. The van der Waals surface area contributed by atoms with Crippen molar-refractivity contribution in [2.75, 3.05) is 7.11 Å². The summed E-state index contributed by atoms with van der Waals surface area (Å²) in [7, 11) is -2.65. The quantitative estimate of drug-likeness (QED) is 0.799. The fourth-order valence-corrected chi connectivity index (χ4v) is 4.91. The standard InChI is InChI=1S/C20H24FNO4S/c1-4-20(5-2)13-16(15-8-6-7-9-17(15)26-20)22-27(23,24)19-12-14(21)10-11-18(19)25-3/h6-12,16,22H,4-5,13H2,1-3H3/t16-/m1/s1. The SMILES string of the molecule is CCC1(CC)C[C@@H](NS(=O)(=O)c2cc(F)ccc2OC)c2ccccc2O1. The number of rotatable bonds is 6. The van der Waals surface area contributed by atoms with E-state index in [-0.39, 0.29) is 10.6 Å². The van der Waals surface area contributed by atoms with Crippen LogP contribution in [0.15, 0.2) is 47.4 Å². The highest BCUT2D eigenvalue weighted by atomic mass is 32.2. The normalized spacial score (nSPS) is 18.4. The molecular weight excluding hydrogens is 369 g/mol. The number of sulfonamides is 1. The van der Waals surface area contributed by atoms with Crippen LogP contribution in [0.4, 0.5) is 4.39 Å². The van der Waals surface area contributed by atoms with E-state index in [0.29, 0.717) is 12.2 Å². The highest BCUT2D eigenvalue weighted by molar-refractivity contribution is 7.89. The van der Waals surface area contributed by atoms with Gasteiger partial charge >= 0.3 is 0 Å². The maximum Gasteiger partial charge on any atom is 0.244 e. The van der Waals surface area contributed by atoms with Crippen molar-refractivity contribution >= 4 is 10.0 Å². The van der Waals surface area contributed by atoms with E-state index in [1.807, 2.05) is 38.1 Å². The molecule has 1 atom stereocenters. The summed E-state index contributed by atoms with van der Waals surface area (Å²) in [5, 5.41) is 0. The molecule has 0 spiro atoms. The minimum absolute atomic E-state index is 0.0986. The molecule has 0 bridgehead atoms. The Bertz CT molecular complexity index is 925.